The van der Waals surface area contributed by atoms with Crippen LogP contribution in [0.4, 0.5) is 11.4 Å². The second-order valence-corrected chi connectivity index (χ2v) is 6.37. The summed E-state index contributed by atoms with van der Waals surface area (Å²) in [6.07, 6.45) is 0. The minimum atomic E-state index is -0.164. The molecule has 0 aliphatic heterocycles. The first-order valence-electron chi connectivity index (χ1n) is 7.86. The number of thiazole rings is 1. The van der Waals surface area contributed by atoms with Crippen molar-refractivity contribution in [3.63, 3.8) is 0 Å². The first-order valence-corrected chi connectivity index (χ1v) is 8.74. The zero-order valence-corrected chi connectivity index (χ0v) is 14.1. The number of aromatic nitrogens is 1. The van der Waals surface area contributed by atoms with Gasteiger partial charge in [0.05, 0.1) is 27.1 Å². The molecule has 0 radical (unpaired) electrons. The highest BCUT2D eigenvalue weighted by Crippen LogP contribution is 2.24. The van der Waals surface area contributed by atoms with Gasteiger partial charge >= 0.3 is 0 Å². The van der Waals surface area contributed by atoms with Crippen LogP contribution in [0, 0.1) is 0 Å². The number of para-hydroxylation sites is 2. The third-order valence-electron chi connectivity index (χ3n) is 3.84. The zero-order valence-electron chi connectivity index (χ0n) is 13.3. The van der Waals surface area contributed by atoms with Gasteiger partial charge in [0.15, 0.2) is 0 Å². The van der Waals surface area contributed by atoms with Crippen molar-refractivity contribution in [1.82, 2.24) is 10.4 Å². The number of amides is 1. The first kappa shape index (κ1) is 15.4. The Kier molecular flexibility index (Phi) is 4.14. The Morgan fingerprint density at radius 2 is 1.52 bits per heavy atom. The average molecular weight is 345 g/mol. The maximum atomic E-state index is 12.8. The van der Waals surface area contributed by atoms with Gasteiger partial charge in [0.1, 0.15) is 0 Å². The summed E-state index contributed by atoms with van der Waals surface area (Å²) in [5.74, 6) is -0.164. The molecular formula is C20H15N3OS. The molecular weight excluding hydrogens is 330 g/mol. The van der Waals surface area contributed by atoms with Gasteiger partial charge in [-0.05, 0) is 42.5 Å². The molecule has 122 valence electrons. The van der Waals surface area contributed by atoms with Crippen LogP contribution in [0.2, 0.25) is 0 Å². The molecule has 0 aliphatic rings. The van der Waals surface area contributed by atoms with Crippen LogP contribution in [-0.4, -0.2) is 10.9 Å². The Morgan fingerprint density at radius 3 is 2.16 bits per heavy atom. The Balaban J connectivity index is 1.67. The van der Waals surface area contributed by atoms with E-state index >= 15 is 0 Å². The van der Waals surface area contributed by atoms with E-state index in [0.29, 0.717) is 5.56 Å². The number of carbonyl (C=O) groups excluding carboxylic acids is 1. The second-order valence-electron chi connectivity index (χ2n) is 5.48. The Morgan fingerprint density at radius 1 is 0.880 bits per heavy atom. The molecule has 4 nitrogen and oxygen atoms in total. The molecule has 0 saturated carbocycles. The molecule has 4 rings (SSSR count). The zero-order chi connectivity index (χ0) is 17.1. The number of hydrazine groups is 1. The summed E-state index contributed by atoms with van der Waals surface area (Å²) in [4.78, 5) is 17.1. The highest BCUT2D eigenvalue weighted by atomic mass is 32.1. The van der Waals surface area contributed by atoms with Crippen LogP contribution in [0.1, 0.15) is 10.4 Å². The molecule has 25 heavy (non-hydrogen) atoms. The number of anilines is 2. The van der Waals surface area contributed by atoms with Crippen LogP contribution in [0.5, 0.6) is 0 Å². The summed E-state index contributed by atoms with van der Waals surface area (Å²) in [6, 6.07) is 25.1. The van der Waals surface area contributed by atoms with Gasteiger partial charge in [0, 0.05) is 5.56 Å². The smallest absolute Gasteiger partial charge is 0.267 e. The normalized spacial score (nSPS) is 10.6. The third-order valence-corrected chi connectivity index (χ3v) is 4.63. The van der Waals surface area contributed by atoms with E-state index in [9.17, 15) is 4.79 Å². The maximum Gasteiger partial charge on any atom is 0.270 e. The number of carbonyl (C=O) groups is 1. The summed E-state index contributed by atoms with van der Waals surface area (Å²) in [5.41, 5.74) is 8.08. The van der Waals surface area contributed by atoms with Gasteiger partial charge in [-0.3, -0.25) is 15.2 Å². The van der Waals surface area contributed by atoms with Crippen LogP contribution < -0.4 is 10.4 Å². The quantitative estimate of drug-likeness (QED) is 0.541. The Bertz CT molecular complexity index is 960. The molecule has 0 aliphatic carbocycles. The minimum absolute atomic E-state index is 0.164. The molecule has 4 aromatic rings. The molecule has 3 aromatic carbocycles. The van der Waals surface area contributed by atoms with Gasteiger partial charge in [-0.15, -0.1) is 11.3 Å². The summed E-state index contributed by atoms with van der Waals surface area (Å²) in [5, 5.41) is 1.79. The Labute approximate surface area is 149 Å². The van der Waals surface area contributed by atoms with E-state index in [1.807, 2.05) is 72.8 Å². The SMILES string of the molecule is O=C(NN(c1ccccc1)c1ccccc1)c1ccc2ncsc2c1. The predicted molar refractivity (Wildman–Crippen MR) is 102 cm³/mol. The molecule has 0 spiro atoms. The van der Waals surface area contributed by atoms with E-state index in [4.69, 9.17) is 0 Å². The van der Waals surface area contributed by atoms with Gasteiger partial charge in [0.25, 0.3) is 5.91 Å². The molecule has 0 fully saturated rings. The van der Waals surface area contributed by atoms with Crippen molar-refractivity contribution < 1.29 is 4.79 Å². The fourth-order valence-electron chi connectivity index (χ4n) is 2.59. The van der Waals surface area contributed by atoms with Crippen LogP contribution in [-0.2, 0) is 0 Å². The number of fused-ring (bicyclic) bond motifs is 1. The number of nitrogens with one attached hydrogen (secondary N) is 1. The summed E-state index contributed by atoms with van der Waals surface area (Å²) >= 11 is 1.53. The lowest BCUT2D eigenvalue weighted by Crippen LogP contribution is -2.38. The van der Waals surface area contributed by atoms with Gasteiger partial charge in [-0.2, -0.15) is 0 Å². The van der Waals surface area contributed by atoms with Gasteiger partial charge in [-0.25, -0.2) is 4.98 Å². The van der Waals surface area contributed by atoms with Crippen LogP contribution >= 0.6 is 11.3 Å². The van der Waals surface area contributed by atoms with Crippen molar-refractivity contribution in [2.24, 2.45) is 0 Å². The van der Waals surface area contributed by atoms with Crippen molar-refractivity contribution in [1.29, 1.82) is 0 Å². The number of benzene rings is 3. The predicted octanol–water partition coefficient (Wildman–Crippen LogP) is 4.78. The maximum absolute atomic E-state index is 12.8. The van der Waals surface area contributed by atoms with E-state index in [-0.39, 0.29) is 5.91 Å². The van der Waals surface area contributed by atoms with Crippen LogP contribution in [0.25, 0.3) is 10.2 Å². The van der Waals surface area contributed by atoms with E-state index in [1.54, 1.807) is 16.6 Å². The Hall–Kier alpha value is -3.18. The van der Waals surface area contributed by atoms with E-state index in [0.717, 1.165) is 21.6 Å². The van der Waals surface area contributed by atoms with Crippen molar-refractivity contribution in [2.75, 3.05) is 5.01 Å². The lowest BCUT2D eigenvalue weighted by Gasteiger charge is -2.25. The highest BCUT2D eigenvalue weighted by Gasteiger charge is 2.14. The molecule has 0 unspecified atom stereocenters. The molecule has 0 bridgehead atoms. The lowest BCUT2D eigenvalue weighted by atomic mass is 10.2. The van der Waals surface area contributed by atoms with Gasteiger partial charge in [-0.1, -0.05) is 36.4 Å². The number of rotatable bonds is 4. The number of hydrogen-bond acceptors (Lipinski definition) is 4. The number of hydrogen-bond donors (Lipinski definition) is 1. The molecule has 1 heterocycles. The topological polar surface area (TPSA) is 45.2 Å². The minimum Gasteiger partial charge on any atom is -0.267 e. The standard InChI is InChI=1S/C20H15N3OS/c24-20(15-11-12-18-19(13-15)25-14-21-18)22-23(16-7-3-1-4-8-16)17-9-5-2-6-10-17/h1-14H,(H,22,24). The first-order chi connectivity index (χ1) is 12.3. The molecule has 1 N–H and O–H groups in total. The molecule has 5 heteroatoms. The van der Waals surface area contributed by atoms with E-state index in [2.05, 4.69) is 10.4 Å². The van der Waals surface area contributed by atoms with Gasteiger partial charge < -0.3 is 0 Å². The molecule has 1 amide bonds. The van der Waals surface area contributed by atoms with Gasteiger partial charge in [0.2, 0.25) is 0 Å². The average Bonchev–Trinajstić information content (AvgIpc) is 3.15. The second kappa shape index (κ2) is 6.75. The fraction of sp³-hybridized carbons (Fsp3) is 0. The monoisotopic (exact) mass is 345 g/mol. The number of nitrogens with zero attached hydrogens (tertiary/aromatic N) is 2. The fourth-order valence-corrected chi connectivity index (χ4v) is 3.31. The van der Waals surface area contributed by atoms with E-state index < -0.39 is 0 Å². The van der Waals surface area contributed by atoms with Crippen LogP contribution in [0.3, 0.4) is 0 Å². The highest BCUT2D eigenvalue weighted by molar-refractivity contribution is 7.16. The van der Waals surface area contributed by atoms with Crippen molar-refractivity contribution in [3.05, 3.63) is 89.9 Å². The van der Waals surface area contributed by atoms with Crippen LogP contribution in [0.15, 0.2) is 84.4 Å². The molecule has 1 aromatic heterocycles. The van der Waals surface area contributed by atoms with Crippen molar-refractivity contribution in [2.45, 2.75) is 0 Å². The summed E-state index contributed by atoms with van der Waals surface area (Å²) < 4.78 is 0.999. The largest absolute Gasteiger partial charge is 0.270 e. The third kappa shape index (κ3) is 3.22. The van der Waals surface area contributed by atoms with Crippen molar-refractivity contribution in [3.8, 4) is 0 Å². The van der Waals surface area contributed by atoms with E-state index in [1.165, 1.54) is 11.3 Å². The van der Waals surface area contributed by atoms with Crippen molar-refractivity contribution >= 4 is 38.8 Å². The molecule has 0 saturated heterocycles. The molecule has 0 atom stereocenters. The summed E-state index contributed by atoms with van der Waals surface area (Å²) in [6.45, 7) is 0. The lowest BCUT2D eigenvalue weighted by molar-refractivity contribution is 0.0954. The summed E-state index contributed by atoms with van der Waals surface area (Å²) in [7, 11) is 0.